The van der Waals surface area contributed by atoms with Gasteiger partial charge in [-0.3, -0.25) is 4.79 Å². The first-order valence-corrected chi connectivity index (χ1v) is 9.26. The largest absolute Gasteiger partial charge is 0.371 e. The summed E-state index contributed by atoms with van der Waals surface area (Å²) in [6.45, 7) is 2.11. The fourth-order valence-electron chi connectivity index (χ4n) is 3.52. The average Bonchev–Trinajstić information content (AvgIpc) is 3.49. The molecule has 1 aliphatic rings. The van der Waals surface area contributed by atoms with Crippen LogP contribution in [0, 0.1) is 0 Å². The van der Waals surface area contributed by atoms with Crippen molar-refractivity contribution in [2.75, 3.05) is 23.3 Å². The van der Waals surface area contributed by atoms with Crippen LogP contribution in [0.3, 0.4) is 0 Å². The van der Waals surface area contributed by atoms with Gasteiger partial charge >= 0.3 is 0 Å². The summed E-state index contributed by atoms with van der Waals surface area (Å²) in [6.07, 6.45) is 12.8. The zero-order valence-corrected chi connectivity index (χ0v) is 15.2. The molecule has 0 radical (unpaired) electrons. The number of hydrogen-bond donors (Lipinski definition) is 1. The van der Waals surface area contributed by atoms with Crippen LogP contribution >= 0.6 is 0 Å². The van der Waals surface area contributed by atoms with Crippen molar-refractivity contribution in [2.24, 2.45) is 0 Å². The summed E-state index contributed by atoms with van der Waals surface area (Å²) in [5.41, 5.74) is 3.32. The maximum Gasteiger partial charge on any atom is 0.260 e. The molecule has 1 aliphatic heterocycles. The van der Waals surface area contributed by atoms with E-state index >= 15 is 0 Å². The Hall–Kier alpha value is -3.68. The summed E-state index contributed by atoms with van der Waals surface area (Å²) in [7, 11) is 0. The van der Waals surface area contributed by atoms with Crippen LogP contribution in [0.15, 0.2) is 61.6 Å². The highest BCUT2D eigenvalue weighted by atomic mass is 16.1. The fraction of sp³-hybridized carbons (Fsp3) is 0.200. The molecule has 0 bridgehead atoms. The van der Waals surface area contributed by atoms with Crippen molar-refractivity contribution < 1.29 is 4.79 Å². The number of anilines is 2. The third kappa shape index (κ3) is 2.98. The van der Waals surface area contributed by atoms with Gasteiger partial charge in [-0.2, -0.15) is 5.10 Å². The Morgan fingerprint density at radius 1 is 1.04 bits per heavy atom. The van der Waals surface area contributed by atoms with E-state index in [1.54, 1.807) is 35.5 Å². The van der Waals surface area contributed by atoms with Gasteiger partial charge in [0.15, 0.2) is 0 Å². The maximum absolute atomic E-state index is 12.8. The molecule has 0 aromatic carbocycles. The molecule has 1 saturated heterocycles. The normalized spacial score (nSPS) is 13.9. The smallest absolute Gasteiger partial charge is 0.260 e. The quantitative estimate of drug-likeness (QED) is 0.595. The summed E-state index contributed by atoms with van der Waals surface area (Å²) < 4.78 is 3.58. The molecule has 140 valence electrons. The van der Waals surface area contributed by atoms with E-state index in [4.69, 9.17) is 0 Å². The zero-order chi connectivity index (χ0) is 18.9. The van der Waals surface area contributed by atoms with Crippen LogP contribution in [-0.2, 0) is 0 Å². The number of carbonyl (C=O) groups is 1. The highest BCUT2D eigenvalue weighted by molar-refractivity contribution is 6.08. The molecule has 1 fully saturated rings. The zero-order valence-electron chi connectivity index (χ0n) is 15.2. The van der Waals surface area contributed by atoms with Crippen LogP contribution < -0.4 is 10.2 Å². The van der Waals surface area contributed by atoms with E-state index in [2.05, 4.69) is 25.3 Å². The van der Waals surface area contributed by atoms with Crippen molar-refractivity contribution in [3.8, 4) is 5.69 Å². The Balaban J connectivity index is 1.38. The molecule has 8 nitrogen and oxygen atoms in total. The van der Waals surface area contributed by atoms with Crippen LogP contribution in [0.4, 0.5) is 11.5 Å². The van der Waals surface area contributed by atoms with Crippen molar-refractivity contribution in [2.45, 2.75) is 12.8 Å². The first kappa shape index (κ1) is 16.5. The van der Waals surface area contributed by atoms with Crippen LogP contribution in [0.2, 0.25) is 0 Å². The number of rotatable bonds is 4. The molecular formula is C20H19N7O. The first-order valence-electron chi connectivity index (χ1n) is 9.26. The summed E-state index contributed by atoms with van der Waals surface area (Å²) in [6, 6.07) is 7.73. The molecule has 1 amide bonds. The number of nitrogens with zero attached hydrogens (tertiary/aromatic N) is 6. The van der Waals surface area contributed by atoms with Gasteiger partial charge in [-0.1, -0.05) is 0 Å². The molecule has 5 heterocycles. The number of imidazole rings is 1. The minimum absolute atomic E-state index is 0.226. The molecule has 1 N–H and O–H groups in total. The Morgan fingerprint density at radius 2 is 1.93 bits per heavy atom. The molecule has 0 spiro atoms. The van der Waals surface area contributed by atoms with Gasteiger partial charge in [0.1, 0.15) is 5.82 Å². The van der Waals surface area contributed by atoms with E-state index in [1.807, 2.05) is 35.2 Å². The molecule has 4 aromatic heterocycles. The van der Waals surface area contributed by atoms with Gasteiger partial charge in [0.05, 0.1) is 35.5 Å². The van der Waals surface area contributed by atoms with E-state index in [0.29, 0.717) is 11.4 Å². The van der Waals surface area contributed by atoms with Crippen molar-refractivity contribution in [1.82, 2.24) is 24.1 Å². The van der Waals surface area contributed by atoms with E-state index in [9.17, 15) is 4.79 Å². The second-order valence-electron chi connectivity index (χ2n) is 6.79. The lowest BCUT2D eigenvalue weighted by Gasteiger charge is -2.17. The molecule has 4 aromatic rings. The second-order valence-corrected chi connectivity index (χ2v) is 6.79. The van der Waals surface area contributed by atoms with Crippen LogP contribution in [0.1, 0.15) is 23.2 Å². The van der Waals surface area contributed by atoms with Gasteiger partial charge in [-0.15, -0.1) is 0 Å². The molecule has 0 saturated carbocycles. The van der Waals surface area contributed by atoms with Gasteiger partial charge < -0.3 is 14.8 Å². The number of aromatic nitrogens is 5. The highest BCUT2D eigenvalue weighted by Gasteiger charge is 2.17. The first-order chi connectivity index (χ1) is 13.8. The number of hydrogen-bond acceptors (Lipinski definition) is 5. The molecule has 0 aliphatic carbocycles. The third-order valence-electron chi connectivity index (χ3n) is 5.01. The lowest BCUT2D eigenvalue weighted by atomic mass is 10.2. The fourth-order valence-corrected chi connectivity index (χ4v) is 3.52. The van der Waals surface area contributed by atoms with E-state index in [0.717, 1.165) is 30.0 Å². The number of fused-ring (bicyclic) bond motifs is 1. The Bertz CT molecular complexity index is 1110. The number of nitrogens with one attached hydrogen (secondary N) is 1. The summed E-state index contributed by atoms with van der Waals surface area (Å²) in [4.78, 5) is 23.5. The van der Waals surface area contributed by atoms with Crippen molar-refractivity contribution >= 4 is 22.9 Å². The topological polar surface area (TPSA) is 80.3 Å². The van der Waals surface area contributed by atoms with Gasteiger partial charge in [-0.25, -0.2) is 14.5 Å². The summed E-state index contributed by atoms with van der Waals surface area (Å²) in [5, 5.41) is 7.16. The Morgan fingerprint density at radius 3 is 2.68 bits per heavy atom. The Kier molecular flexibility index (Phi) is 4.01. The van der Waals surface area contributed by atoms with Gasteiger partial charge in [-0.05, 0) is 37.1 Å². The van der Waals surface area contributed by atoms with Gasteiger partial charge in [0, 0.05) is 37.4 Å². The SMILES string of the molecule is O=C(Nc1ccc(-n2ccnc2)cn1)c1cnn2ccc(N3CCCC3)cc12. The molecule has 5 rings (SSSR count). The summed E-state index contributed by atoms with van der Waals surface area (Å²) in [5.74, 6) is 0.264. The van der Waals surface area contributed by atoms with E-state index < -0.39 is 0 Å². The van der Waals surface area contributed by atoms with Crippen LogP contribution in [0.25, 0.3) is 11.2 Å². The van der Waals surface area contributed by atoms with Crippen molar-refractivity contribution in [3.63, 3.8) is 0 Å². The number of pyridine rings is 2. The molecule has 0 unspecified atom stereocenters. The lowest BCUT2D eigenvalue weighted by molar-refractivity contribution is 0.102. The summed E-state index contributed by atoms with van der Waals surface area (Å²) >= 11 is 0. The second kappa shape index (κ2) is 6.80. The van der Waals surface area contributed by atoms with Crippen LogP contribution in [-0.4, -0.2) is 43.1 Å². The monoisotopic (exact) mass is 373 g/mol. The average molecular weight is 373 g/mol. The lowest BCUT2D eigenvalue weighted by Crippen LogP contribution is -2.18. The molecule has 0 atom stereocenters. The van der Waals surface area contributed by atoms with E-state index in [1.165, 1.54) is 12.8 Å². The number of amides is 1. The molecule has 8 heteroatoms. The molecular weight excluding hydrogens is 354 g/mol. The Labute approximate surface area is 161 Å². The van der Waals surface area contributed by atoms with Gasteiger partial charge in [0.2, 0.25) is 0 Å². The number of carbonyl (C=O) groups excluding carboxylic acids is 1. The molecule has 28 heavy (non-hydrogen) atoms. The predicted octanol–water partition coefficient (Wildman–Crippen LogP) is 2.77. The van der Waals surface area contributed by atoms with Crippen molar-refractivity contribution in [3.05, 3.63) is 67.1 Å². The van der Waals surface area contributed by atoms with Crippen molar-refractivity contribution in [1.29, 1.82) is 0 Å². The minimum atomic E-state index is -0.226. The maximum atomic E-state index is 12.8. The van der Waals surface area contributed by atoms with Crippen LogP contribution in [0.5, 0.6) is 0 Å². The predicted molar refractivity (Wildman–Crippen MR) is 106 cm³/mol. The third-order valence-corrected chi connectivity index (χ3v) is 5.01. The van der Waals surface area contributed by atoms with E-state index in [-0.39, 0.29) is 5.91 Å². The highest BCUT2D eigenvalue weighted by Crippen LogP contribution is 2.23. The standard InChI is InChI=1S/C20H19N7O/c28-20(24-19-4-3-16(12-22-19)26-10-6-21-14-26)17-13-23-27-9-5-15(11-18(17)27)25-7-1-2-8-25/h3-6,9-14H,1-2,7-8H2,(H,22,24,28). The minimum Gasteiger partial charge on any atom is -0.371 e. The van der Waals surface area contributed by atoms with Gasteiger partial charge in [0.25, 0.3) is 5.91 Å².